The topological polar surface area (TPSA) is 51.2 Å². The summed E-state index contributed by atoms with van der Waals surface area (Å²) in [5.41, 5.74) is 0. The van der Waals surface area contributed by atoms with Gasteiger partial charge in [-0.15, -0.1) is 0 Å². The fourth-order valence-corrected chi connectivity index (χ4v) is 1.13. The van der Waals surface area contributed by atoms with Crippen LogP contribution in [0.15, 0.2) is 0 Å². The van der Waals surface area contributed by atoms with Crippen LogP contribution in [0.3, 0.4) is 0 Å². The smallest absolute Gasteiger partial charge is 0 e. The van der Waals surface area contributed by atoms with E-state index < -0.39 is 0 Å². The Hall–Kier alpha value is -0.471. The van der Waals surface area contributed by atoms with Gasteiger partial charge in [-0.3, -0.25) is 20.4 Å². The molecule has 3 nitrogen and oxygen atoms in total. The van der Waals surface area contributed by atoms with Crippen LogP contribution in [0.2, 0.25) is 0 Å². The van der Waals surface area contributed by atoms with Crippen LogP contribution >= 0.6 is 0 Å². The van der Waals surface area contributed by atoms with E-state index in [-0.39, 0.29) is 24.5 Å². The van der Waals surface area contributed by atoms with Crippen LogP contribution in [-0.2, 0) is 31.5 Å². The summed E-state index contributed by atoms with van der Waals surface area (Å²) in [6, 6.07) is 0. The Kier molecular flexibility index (Phi) is 81.5. The van der Waals surface area contributed by atoms with E-state index in [0.29, 0.717) is 0 Å². The van der Waals surface area contributed by atoms with Gasteiger partial charge in [-0.25, -0.2) is 0 Å². The zero-order valence-corrected chi connectivity index (χ0v) is 9.92. The Bertz CT molecular complexity index is 71.0. The molecule has 0 spiro atoms. The van der Waals surface area contributed by atoms with Crippen molar-refractivity contribution in [3.05, 3.63) is 7.43 Å². The molecule has 1 fully saturated rings. The van der Waals surface area contributed by atoms with Crippen molar-refractivity contribution in [3.8, 4) is 0 Å². The van der Waals surface area contributed by atoms with Gasteiger partial charge in [0.15, 0.2) is 0 Å². The average Bonchev–Trinajstić information content (AvgIpc) is 2.66. The molecule has 0 aromatic rings. The van der Waals surface area contributed by atoms with Crippen molar-refractivity contribution in [3.63, 3.8) is 0 Å². The second-order valence-corrected chi connectivity index (χ2v) is 2.39. The zero-order chi connectivity index (χ0) is 10.4. The van der Waals surface area contributed by atoms with Crippen molar-refractivity contribution in [2.75, 3.05) is 0 Å². The molecule has 0 heterocycles. The van der Waals surface area contributed by atoms with E-state index in [4.69, 9.17) is 14.4 Å². The first-order valence-electron chi connectivity index (χ1n) is 3.60. The van der Waals surface area contributed by atoms with E-state index in [1.54, 1.807) is 0 Å². The molecule has 0 amide bonds. The van der Waals surface area contributed by atoms with E-state index in [1.165, 1.54) is 25.7 Å². The molecule has 1 radical (unpaired) electrons. The van der Waals surface area contributed by atoms with Crippen molar-refractivity contribution in [1.29, 1.82) is 0 Å². The molecule has 0 aliphatic heterocycles. The van der Waals surface area contributed by atoms with E-state index in [2.05, 4.69) is 27.3 Å². The van der Waals surface area contributed by atoms with Crippen molar-refractivity contribution < 1.29 is 31.5 Å². The van der Waals surface area contributed by atoms with Gasteiger partial charge in [-0.1, -0.05) is 32.6 Å². The summed E-state index contributed by atoms with van der Waals surface area (Å²) in [5.74, 6) is 1.05. The van der Waals surface area contributed by atoms with Gasteiger partial charge in [0.25, 0.3) is 0 Å². The number of rotatable bonds is 0. The van der Waals surface area contributed by atoms with E-state index in [0.717, 1.165) is 5.92 Å². The molecule has 0 unspecified atom stereocenters. The predicted octanol–water partition coefficient (Wildman–Crippen LogP) is 1.82. The minimum Gasteiger partial charge on any atom is -0.545 e. The van der Waals surface area contributed by atoms with Gasteiger partial charge in [0.1, 0.15) is 0 Å². The first-order valence-corrected chi connectivity index (χ1v) is 3.60. The average molecular weight is 241 g/mol. The van der Waals surface area contributed by atoms with Crippen molar-refractivity contribution in [2.24, 2.45) is 5.92 Å². The van der Waals surface area contributed by atoms with Gasteiger partial charge >= 0.3 is 0 Å². The molecule has 1 aliphatic rings. The SMILES string of the molecule is CC1CCCC1.[CH-]=O.[CH-]=O.[CH-]=O.[CH3-].[Mn]. The summed E-state index contributed by atoms with van der Waals surface area (Å²) in [4.78, 5) is 23.2. The van der Waals surface area contributed by atoms with Gasteiger partial charge in [0, 0.05) is 17.1 Å². The molecular formula is C10H18MnO3-4. The van der Waals surface area contributed by atoms with Gasteiger partial charge < -0.3 is 21.8 Å². The first-order chi connectivity index (χ1) is 5.89. The predicted molar refractivity (Wildman–Crippen MR) is 54.3 cm³/mol. The maximum Gasteiger partial charge on any atom is 0 e. The second-order valence-electron chi connectivity index (χ2n) is 2.39. The normalized spacial score (nSPS) is 11.8. The molecule has 87 valence electrons. The Morgan fingerprint density at radius 2 is 1.07 bits per heavy atom. The molecule has 0 atom stereocenters. The van der Waals surface area contributed by atoms with Crippen LogP contribution in [0.1, 0.15) is 32.6 Å². The Balaban J connectivity index is -0.0000000300. The molecule has 1 aliphatic carbocycles. The maximum absolute atomic E-state index is 7.75. The molecule has 0 aromatic carbocycles. The molecule has 0 bridgehead atoms. The monoisotopic (exact) mass is 241 g/mol. The summed E-state index contributed by atoms with van der Waals surface area (Å²) >= 11 is 0. The Morgan fingerprint density at radius 1 is 0.857 bits per heavy atom. The van der Waals surface area contributed by atoms with E-state index >= 15 is 0 Å². The van der Waals surface area contributed by atoms with Crippen LogP contribution in [0.25, 0.3) is 0 Å². The number of hydrogen-bond acceptors (Lipinski definition) is 3. The minimum absolute atomic E-state index is 0. The molecule has 0 aromatic heterocycles. The summed E-state index contributed by atoms with van der Waals surface area (Å²) < 4.78 is 0. The standard InChI is InChI=1S/C6H12.3CHO.CH3.Mn/c1-6-4-2-3-5-6;3*1-2;;/h6H,2-5H2,1H3;3*1H;1H3;/q;4*-1;. The molecular weight excluding hydrogens is 223 g/mol. The third-order valence-corrected chi connectivity index (χ3v) is 1.64. The third kappa shape index (κ3) is 30.0. The third-order valence-electron chi connectivity index (χ3n) is 1.64. The van der Waals surface area contributed by atoms with E-state index in [9.17, 15) is 0 Å². The van der Waals surface area contributed by atoms with Crippen LogP contribution in [0, 0.1) is 13.3 Å². The van der Waals surface area contributed by atoms with Gasteiger partial charge in [0.2, 0.25) is 0 Å². The number of hydrogen-bond donors (Lipinski definition) is 0. The van der Waals surface area contributed by atoms with Crippen molar-refractivity contribution in [2.45, 2.75) is 32.6 Å². The summed E-state index contributed by atoms with van der Waals surface area (Å²) in [7, 11) is 0. The minimum atomic E-state index is 0. The zero-order valence-electron chi connectivity index (χ0n) is 8.74. The summed E-state index contributed by atoms with van der Waals surface area (Å²) in [6.45, 7) is 12.1. The molecule has 1 rings (SSSR count). The summed E-state index contributed by atoms with van der Waals surface area (Å²) in [6.07, 6.45) is 5.95. The van der Waals surface area contributed by atoms with Crippen LogP contribution in [0.4, 0.5) is 0 Å². The molecule has 4 heteroatoms. The Labute approximate surface area is 98.1 Å². The fourth-order valence-electron chi connectivity index (χ4n) is 1.13. The van der Waals surface area contributed by atoms with Crippen molar-refractivity contribution in [1.82, 2.24) is 0 Å². The van der Waals surface area contributed by atoms with Crippen LogP contribution in [0.5, 0.6) is 0 Å². The second kappa shape index (κ2) is 39.1. The molecule has 0 saturated heterocycles. The molecule has 0 N–H and O–H groups in total. The number of carbonyl (C=O) groups excluding carboxylic acids is 3. The quantitative estimate of drug-likeness (QED) is 0.369. The van der Waals surface area contributed by atoms with Crippen molar-refractivity contribution >= 4 is 20.4 Å². The Morgan fingerprint density at radius 3 is 1.14 bits per heavy atom. The largest absolute Gasteiger partial charge is 0.545 e. The first kappa shape index (κ1) is 29.2. The summed E-state index contributed by atoms with van der Waals surface area (Å²) in [5, 5.41) is 0. The maximum atomic E-state index is 7.75. The fraction of sp³-hybridized carbons (Fsp3) is 0.600. The van der Waals surface area contributed by atoms with E-state index in [1.807, 2.05) is 0 Å². The molecule has 1 saturated carbocycles. The van der Waals surface area contributed by atoms with Gasteiger partial charge in [0.05, 0.1) is 0 Å². The van der Waals surface area contributed by atoms with Crippen LogP contribution < -0.4 is 0 Å². The van der Waals surface area contributed by atoms with Crippen LogP contribution in [-0.4, -0.2) is 20.4 Å². The van der Waals surface area contributed by atoms with Gasteiger partial charge in [-0.05, 0) is 5.92 Å². The molecule has 14 heavy (non-hydrogen) atoms. The van der Waals surface area contributed by atoms with Gasteiger partial charge in [-0.2, -0.15) is 0 Å².